The van der Waals surface area contributed by atoms with Crippen molar-refractivity contribution in [1.29, 1.82) is 0 Å². The molecule has 4 heterocycles. The smallest absolute Gasteiger partial charge is 0.317 e. The second-order valence-corrected chi connectivity index (χ2v) is 5.82. The van der Waals surface area contributed by atoms with Gasteiger partial charge in [0.15, 0.2) is 21.1 Å². The molecule has 144 valence electrons. The number of alkyl halides is 1. The fourth-order valence-corrected chi connectivity index (χ4v) is 2.54. The van der Waals surface area contributed by atoms with Gasteiger partial charge in [0, 0.05) is 0 Å². The lowest BCUT2D eigenvalue weighted by Gasteiger charge is -1.93. The van der Waals surface area contributed by atoms with E-state index < -0.39 is 16.9 Å². The second-order valence-electron chi connectivity index (χ2n) is 4.62. The molecule has 0 aromatic carbocycles. The van der Waals surface area contributed by atoms with E-state index in [1.807, 2.05) is 4.93 Å². The molecule has 0 amide bonds. The number of halogens is 1. The Kier molecular flexibility index (Phi) is 6.97. The summed E-state index contributed by atoms with van der Waals surface area (Å²) in [7, 11) is 0. The molecule has 4 aromatic heterocycles. The third-order valence-electron chi connectivity index (χ3n) is 2.98. The maximum absolute atomic E-state index is 11.3. The molecule has 0 saturated heterocycles. The fraction of sp³-hybridized carbons (Fsp3) is 0.167. The van der Waals surface area contributed by atoms with Crippen molar-refractivity contribution in [2.75, 3.05) is 11.2 Å². The summed E-state index contributed by atoms with van der Waals surface area (Å²) in [6, 6.07) is 0. The van der Waals surface area contributed by atoms with Crippen LogP contribution in [0.5, 0.6) is 0 Å². The average Bonchev–Trinajstić information content (AvgIpc) is 3.19. The summed E-state index contributed by atoms with van der Waals surface area (Å²) in [6.07, 6.45) is 1.79. The number of fused-ring (bicyclic) bond motifs is 2. The Morgan fingerprint density at radius 2 is 1.41 bits per heavy atom. The van der Waals surface area contributed by atoms with Crippen LogP contribution < -0.4 is 22.5 Å². The van der Waals surface area contributed by atoms with Crippen LogP contribution in [0.1, 0.15) is 0 Å². The van der Waals surface area contributed by atoms with Gasteiger partial charge in [-0.1, -0.05) is 34.4 Å². The van der Waals surface area contributed by atoms with Crippen LogP contribution in [-0.4, -0.2) is 51.1 Å². The number of nitrogens with zero attached hydrogens (tertiary/aromatic N) is 1. The van der Waals surface area contributed by atoms with Crippen molar-refractivity contribution in [2.24, 2.45) is 0 Å². The van der Waals surface area contributed by atoms with Crippen molar-refractivity contribution in [2.45, 2.75) is 5.16 Å². The van der Waals surface area contributed by atoms with Gasteiger partial charge in [-0.05, 0) is 23.4 Å². The fourth-order valence-electron chi connectivity index (χ4n) is 1.97. The van der Waals surface area contributed by atoms with Crippen molar-refractivity contribution < 1.29 is 0 Å². The van der Waals surface area contributed by atoms with Gasteiger partial charge in [-0.3, -0.25) is 39.5 Å². The zero-order valence-electron chi connectivity index (χ0n) is 13.8. The van der Waals surface area contributed by atoms with Gasteiger partial charge in [0.05, 0.1) is 0 Å². The van der Waals surface area contributed by atoms with Crippen LogP contribution >= 0.6 is 46.6 Å². The Morgan fingerprint density at radius 1 is 0.815 bits per heavy atom. The monoisotopic (exact) mass is 524 g/mol. The first-order valence-corrected chi connectivity index (χ1v) is 10.7. The highest BCUT2D eigenvalue weighted by Crippen LogP contribution is 2.06. The lowest BCUT2D eigenvalue weighted by molar-refractivity contribution is 0.968. The molecule has 0 radical (unpaired) electrons. The van der Waals surface area contributed by atoms with Crippen molar-refractivity contribution in [3.8, 4) is 0 Å². The van der Waals surface area contributed by atoms with Gasteiger partial charge in [0.25, 0.3) is 11.1 Å². The molecule has 15 heteroatoms. The second kappa shape index (κ2) is 9.00. The molecule has 0 saturated carbocycles. The number of thioether (sulfide) groups is 1. The molecule has 0 aliphatic rings. The molecular weight excluding hydrogens is 511 g/mol. The molecule has 0 bridgehead atoms. The summed E-state index contributed by atoms with van der Waals surface area (Å²) in [5.74, 6) is 0. The molecule has 0 aliphatic heterocycles. The maximum atomic E-state index is 11.3. The number of rotatable bonds is 1. The highest BCUT2D eigenvalue weighted by Gasteiger charge is 2.05. The summed E-state index contributed by atoms with van der Waals surface area (Å²) in [4.78, 5) is 66.8. The minimum absolute atomic E-state index is 0.175. The van der Waals surface area contributed by atoms with Crippen molar-refractivity contribution in [1.82, 2.24) is 39.9 Å². The SMILES string of the molecule is CI.CSc1nc2[nH]c(=O)[nH]c2c(=O)[nH]1.O=c1[nH]c2[nH]c(=S)[nH]c(=O)c2[nH]1. The van der Waals surface area contributed by atoms with E-state index >= 15 is 0 Å². The summed E-state index contributed by atoms with van der Waals surface area (Å²) in [5.41, 5.74) is -0.651. The summed E-state index contributed by atoms with van der Waals surface area (Å²) in [5, 5.41) is 0.479. The molecule has 4 aromatic rings. The van der Waals surface area contributed by atoms with E-state index in [2.05, 4.69) is 74.7 Å². The maximum Gasteiger partial charge on any atom is 0.325 e. The predicted molar refractivity (Wildman–Crippen MR) is 114 cm³/mol. The summed E-state index contributed by atoms with van der Waals surface area (Å²) >= 11 is 8.14. The lowest BCUT2D eigenvalue weighted by atomic mass is 10.6. The minimum atomic E-state index is -0.438. The van der Waals surface area contributed by atoms with E-state index in [1.54, 1.807) is 6.26 Å². The predicted octanol–water partition coefficient (Wildman–Crippen LogP) is 0.315. The minimum Gasteiger partial charge on any atom is -0.317 e. The molecule has 0 unspecified atom stereocenters. The van der Waals surface area contributed by atoms with Gasteiger partial charge >= 0.3 is 11.4 Å². The number of nitrogens with one attached hydrogen (secondary N) is 7. The van der Waals surface area contributed by atoms with E-state index in [9.17, 15) is 19.2 Å². The van der Waals surface area contributed by atoms with E-state index in [1.165, 1.54) is 11.8 Å². The first kappa shape index (κ1) is 20.9. The highest BCUT2D eigenvalue weighted by molar-refractivity contribution is 14.1. The zero-order valence-corrected chi connectivity index (χ0v) is 17.6. The number of H-pyrrole nitrogens is 7. The van der Waals surface area contributed by atoms with Crippen molar-refractivity contribution in [3.05, 3.63) is 46.4 Å². The van der Waals surface area contributed by atoms with Gasteiger partial charge in [0.1, 0.15) is 11.2 Å². The van der Waals surface area contributed by atoms with Gasteiger partial charge in [0.2, 0.25) is 0 Å². The lowest BCUT2D eigenvalue weighted by Crippen LogP contribution is -2.09. The molecule has 4 rings (SSSR count). The zero-order chi connectivity index (χ0) is 20.1. The molecular formula is C12H13IN8O4S2. The molecule has 0 spiro atoms. The number of hydrogen-bond acceptors (Lipinski definition) is 7. The van der Waals surface area contributed by atoms with E-state index in [-0.39, 0.29) is 27.0 Å². The van der Waals surface area contributed by atoms with Crippen molar-refractivity contribution in [3.63, 3.8) is 0 Å². The largest absolute Gasteiger partial charge is 0.325 e. The summed E-state index contributed by atoms with van der Waals surface area (Å²) in [6.45, 7) is 0. The van der Waals surface area contributed by atoms with Crippen LogP contribution in [-0.2, 0) is 0 Å². The standard InChI is InChI=1S/C6H6N4O2S.C5H4N4O2S.CH3I/c1-13-6-9-3-2(4(11)10-6)7-5(12)8-3;10-3-1-2(7-4(11)6-1)8-5(12)9-3;1-2/h1H3,(H3,7,8,9,10,11,12);(H4,6,7,8,9,10,11,12);1H3. The first-order valence-electron chi connectivity index (χ1n) is 6.96. The van der Waals surface area contributed by atoms with E-state index in [4.69, 9.17) is 0 Å². The van der Waals surface area contributed by atoms with Gasteiger partial charge < -0.3 is 4.98 Å². The Bertz CT molecular complexity index is 1350. The number of hydrogen-bond donors (Lipinski definition) is 7. The van der Waals surface area contributed by atoms with E-state index in [0.29, 0.717) is 10.8 Å². The van der Waals surface area contributed by atoms with Crippen LogP contribution in [0.2, 0.25) is 0 Å². The van der Waals surface area contributed by atoms with Crippen LogP contribution in [0, 0.1) is 4.77 Å². The van der Waals surface area contributed by atoms with Gasteiger partial charge in [-0.15, -0.1) is 0 Å². The van der Waals surface area contributed by atoms with Gasteiger partial charge in [-0.25, -0.2) is 14.6 Å². The molecule has 27 heavy (non-hydrogen) atoms. The van der Waals surface area contributed by atoms with Gasteiger partial charge in [-0.2, -0.15) is 0 Å². The Hall–Kier alpha value is -2.40. The van der Waals surface area contributed by atoms with Crippen molar-refractivity contribution >= 4 is 68.9 Å². The molecule has 0 fully saturated rings. The highest BCUT2D eigenvalue weighted by atomic mass is 127. The number of imidazole rings is 2. The van der Waals surface area contributed by atoms with Crippen LogP contribution in [0.3, 0.4) is 0 Å². The normalized spacial score (nSPS) is 10.2. The Balaban J connectivity index is 0.000000178. The third-order valence-corrected chi connectivity index (χ3v) is 3.77. The Labute approximate surface area is 171 Å². The number of aromatic amines is 7. The first-order chi connectivity index (χ1) is 12.9. The molecule has 7 N–H and O–H groups in total. The van der Waals surface area contributed by atoms with Crippen LogP contribution in [0.15, 0.2) is 24.3 Å². The summed E-state index contributed by atoms with van der Waals surface area (Å²) < 4.78 is 0.183. The Morgan fingerprint density at radius 3 is 2.07 bits per heavy atom. The molecule has 12 nitrogen and oxygen atoms in total. The van der Waals surface area contributed by atoms with Crippen LogP contribution in [0.25, 0.3) is 22.3 Å². The van der Waals surface area contributed by atoms with Crippen LogP contribution in [0.4, 0.5) is 0 Å². The molecule has 0 atom stereocenters. The average molecular weight is 524 g/mol. The molecule has 0 aliphatic carbocycles. The quantitative estimate of drug-likeness (QED) is 0.0613. The third kappa shape index (κ3) is 4.86. The topological polar surface area (TPSA) is 192 Å². The van der Waals surface area contributed by atoms with E-state index in [0.717, 1.165) is 0 Å². The number of aromatic nitrogens is 8.